The van der Waals surface area contributed by atoms with E-state index in [-0.39, 0.29) is 17.6 Å². The van der Waals surface area contributed by atoms with Crippen LogP contribution in [0.25, 0.3) is 5.69 Å². The predicted molar refractivity (Wildman–Crippen MR) is 90.4 cm³/mol. The van der Waals surface area contributed by atoms with Crippen LogP contribution >= 0.6 is 0 Å². The van der Waals surface area contributed by atoms with E-state index in [2.05, 4.69) is 0 Å². The van der Waals surface area contributed by atoms with E-state index < -0.39 is 0 Å². The molecule has 2 atom stereocenters. The molecular formula is C19H22N2O3. The average molecular weight is 326 g/mol. The van der Waals surface area contributed by atoms with Gasteiger partial charge in [-0.15, -0.1) is 0 Å². The second-order valence-electron chi connectivity index (χ2n) is 6.67. The van der Waals surface area contributed by atoms with Gasteiger partial charge in [0.15, 0.2) is 0 Å². The summed E-state index contributed by atoms with van der Waals surface area (Å²) in [4.78, 5) is 14.7. The maximum absolute atomic E-state index is 12.8. The zero-order valence-corrected chi connectivity index (χ0v) is 13.9. The fourth-order valence-corrected chi connectivity index (χ4v) is 3.72. The number of ether oxygens (including phenoxy) is 2. The number of nitrogens with zero attached hydrogens (tertiary/aromatic N) is 2. The molecule has 5 heteroatoms. The van der Waals surface area contributed by atoms with Gasteiger partial charge in [0.1, 0.15) is 0 Å². The first kappa shape index (κ1) is 15.4. The van der Waals surface area contributed by atoms with Crippen LogP contribution in [0.2, 0.25) is 0 Å². The molecule has 126 valence electrons. The summed E-state index contributed by atoms with van der Waals surface area (Å²) in [6.45, 7) is 2.03. The van der Waals surface area contributed by atoms with Crippen LogP contribution in [-0.4, -0.2) is 53.9 Å². The topological polar surface area (TPSA) is 43.7 Å². The van der Waals surface area contributed by atoms with Gasteiger partial charge in [0, 0.05) is 43.7 Å². The molecule has 1 aromatic heterocycles. The van der Waals surface area contributed by atoms with E-state index >= 15 is 0 Å². The normalized spacial score (nSPS) is 26.4. The zero-order chi connectivity index (χ0) is 16.6. The van der Waals surface area contributed by atoms with Crippen molar-refractivity contribution in [2.75, 3.05) is 26.8 Å². The second-order valence-corrected chi connectivity index (χ2v) is 6.67. The number of rotatable bonds is 3. The Morgan fingerprint density at radius 3 is 2.67 bits per heavy atom. The molecule has 2 unspecified atom stereocenters. The lowest BCUT2D eigenvalue weighted by atomic mass is 9.98. The van der Waals surface area contributed by atoms with Crippen molar-refractivity contribution in [2.24, 2.45) is 0 Å². The van der Waals surface area contributed by atoms with E-state index in [4.69, 9.17) is 9.47 Å². The molecule has 2 saturated heterocycles. The van der Waals surface area contributed by atoms with E-state index in [1.54, 1.807) is 7.11 Å². The fourth-order valence-electron chi connectivity index (χ4n) is 3.72. The molecule has 5 nitrogen and oxygen atoms in total. The first-order valence-corrected chi connectivity index (χ1v) is 8.39. The lowest BCUT2D eigenvalue weighted by Gasteiger charge is -2.23. The van der Waals surface area contributed by atoms with Gasteiger partial charge in [0.25, 0.3) is 5.91 Å². The first-order chi connectivity index (χ1) is 11.7. The van der Waals surface area contributed by atoms with Crippen molar-refractivity contribution in [1.82, 2.24) is 9.47 Å². The van der Waals surface area contributed by atoms with Crippen molar-refractivity contribution >= 4 is 5.91 Å². The third kappa shape index (κ3) is 2.74. The summed E-state index contributed by atoms with van der Waals surface area (Å²) in [6.07, 6.45) is 5.90. The van der Waals surface area contributed by atoms with Crippen molar-refractivity contribution in [3.05, 3.63) is 54.4 Å². The van der Waals surface area contributed by atoms with Gasteiger partial charge in [-0.2, -0.15) is 0 Å². The molecular weight excluding hydrogens is 304 g/mol. The van der Waals surface area contributed by atoms with Crippen LogP contribution in [0, 0.1) is 0 Å². The number of likely N-dealkylation sites (tertiary alicyclic amines) is 1. The Hall–Kier alpha value is -2.11. The summed E-state index contributed by atoms with van der Waals surface area (Å²) in [7, 11) is 1.72. The third-order valence-electron chi connectivity index (χ3n) is 5.13. The van der Waals surface area contributed by atoms with Gasteiger partial charge in [-0.3, -0.25) is 4.79 Å². The van der Waals surface area contributed by atoms with Crippen LogP contribution in [0.4, 0.5) is 0 Å². The summed E-state index contributed by atoms with van der Waals surface area (Å²) >= 11 is 0. The number of carbonyl (C=O) groups is 1. The Balaban J connectivity index is 1.45. The summed E-state index contributed by atoms with van der Waals surface area (Å²) in [5.74, 6) is 0.0791. The summed E-state index contributed by atoms with van der Waals surface area (Å²) in [5.41, 5.74) is 1.57. The summed E-state index contributed by atoms with van der Waals surface area (Å²) in [6, 6.07) is 11.7. The number of hydrogen-bond acceptors (Lipinski definition) is 3. The Labute approximate surface area is 141 Å². The molecule has 4 rings (SSSR count). The Bertz CT molecular complexity index is 711. The third-order valence-corrected chi connectivity index (χ3v) is 5.13. The van der Waals surface area contributed by atoms with E-state index in [9.17, 15) is 4.79 Å². The molecule has 1 spiro atoms. The van der Waals surface area contributed by atoms with Crippen molar-refractivity contribution in [3.63, 3.8) is 0 Å². The van der Waals surface area contributed by atoms with Crippen molar-refractivity contribution in [3.8, 4) is 5.69 Å². The fraction of sp³-hybridized carbons (Fsp3) is 0.421. The average Bonchev–Trinajstić information content (AvgIpc) is 3.36. The van der Waals surface area contributed by atoms with Gasteiger partial charge in [0.2, 0.25) is 0 Å². The van der Waals surface area contributed by atoms with Gasteiger partial charge >= 0.3 is 0 Å². The van der Waals surface area contributed by atoms with E-state index in [0.717, 1.165) is 30.6 Å². The van der Waals surface area contributed by atoms with Gasteiger partial charge < -0.3 is 18.9 Å². The standard InChI is InChI=1S/C19H22N2O3/c1-23-17-12-19(24-13-17)8-11-21(14-19)18(22)15-4-6-16(7-5-15)20-9-2-3-10-20/h2-7,9-10,17H,8,11-14H2,1H3. The molecule has 1 amide bonds. The summed E-state index contributed by atoms with van der Waals surface area (Å²) < 4.78 is 13.4. The number of benzene rings is 1. The molecule has 0 aliphatic carbocycles. The van der Waals surface area contributed by atoms with Crippen LogP contribution < -0.4 is 0 Å². The second kappa shape index (κ2) is 6.07. The largest absolute Gasteiger partial charge is 0.379 e. The molecule has 2 aliphatic heterocycles. The van der Waals surface area contributed by atoms with E-state index in [1.165, 1.54) is 0 Å². The molecule has 0 radical (unpaired) electrons. The number of carbonyl (C=O) groups excluding carboxylic acids is 1. The molecule has 0 N–H and O–H groups in total. The van der Waals surface area contributed by atoms with Gasteiger partial charge in [-0.1, -0.05) is 0 Å². The highest BCUT2D eigenvalue weighted by Gasteiger charge is 2.46. The smallest absolute Gasteiger partial charge is 0.253 e. The highest BCUT2D eigenvalue weighted by molar-refractivity contribution is 5.94. The first-order valence-electron chi connectivity index (χ1n) is 8.39. The van der Waals surface area contributed by atoms with Crippen LogP contribution in [0.1, 0.15) is 23.2 Å². The SMILES string of the molecule is COC1COC2(CCN(C(=O)c3ccc(-n4cccc4)cc3)C2)C1. The monoisotopic (exact) mass is 326 g/mol. The lowest BCUT2D eigenvalue weighted by molar-refractivity contribution is 0.00702. The van der Waals surface area contributed by atoms with Crippen LogP contribution in [0.15, 0.2) is 48.8 Å². The Morgan fingerprint density at radius 2 is 2.00 bits per heavy atom. The minimum absolute atomic E-state index is 0.0791. The maximum atomic E-state index is 12.8. The minimum Gasteiger partial charge on any atom is -0.379 e. The lowest BCUT2D eigenvalue weighted by Crippen LogP contribution is -2.36. The van der Waals surface area contributed by atoms with E-state index in [1.807, 2.05) is 58.3 Å². The molecule has 0 saturated carbocycles. The van der Waals surface area contributed by atoms with Crippen molar-refractivity contribution in [2.45, 2.75) is 24.5 Å². The molecule has 2 aliphatic rings. The maximum Gasteiger partial charge on any atom is 0.253 e. The number of hydrogen-bond donors (Lipinski definition) is 0. The van der Waals surface area contributed by atoms with Gasteiger partial charge in [-0.05, 0) is 42.8 Å². The molecule has 2 fully saturated rings. The van der Waals surface area contributed by atoms with E-state index in [0.29, 0.717) is 13.2 Å². The molecule has 0 bridgehead atoms. The number of aromatic nitrogens is 1. The molecule has 1 aromatic carbocycles. The number of amides is 1. The quantitative estimate of drug-likeness (QED) is 0.870. The van der Waals surface area contributed by atoms with Gasteiger partial charge in [-0.25, -0.2) is 0 Å². The number of methoxy groups -OCH3 is 1. The molecule has 3 heterocycles. The highest BCUT2D eigenvalue weighted by Crippen LogP contribution is 2.36. The highest BCUT2D eigenvalue weighted by atomic mass is 16.6. The zero-order valence-electron chi connectivity index (χ0n) is 13.9. The van der Waals surface area contributed by atoms with Crippen LogP contribution in [-0.2, 0) is 9.47 Å². The summed E-state index contributed by atoms with van der Waals surface area (Å²) in [5, 5.41) is 0. The Morgan fingerprint density at radius 1 is 1.25 bits per heavy atom. The van der Waals surface area contributed by atoms with Crippen LogP contribution in [0.5, 0.6) is 0 Å². The Kier molecular flexibility index (Phi) is 3.90. The van der Waals surface area contributed by atoms with Crippen LogP contribution in [0.3, 0.4) is 0 Å². The molecule has 24 heavy (non-hydrogen) atoms. The minimum atomic E-state index is -0.207. The van der Waals surface area contributed by atoms with Crippen molar-refractivity contribution < 1.29 is 14.3 Å². The predicted octanol–water partition coefficient (Wildman–Crippen LogP) is 2.50. The van der Waals surface area contributed by atoms with Crippen molar-refractivity contribution in [1.29, 1.82) is 0 Å². The van der Waals surface area contributed by atoms with Gasteiger partial charge in [0.05, 0.1) is 24.9 Å². The molecule has 2 aromatic rings.